The van der Waals surface area contributed by atoms with E-state index >= 15 is 0 Å². The molecule has 1 aromatic heterocycles. The quantitative estimate of drug-likeness (QED) is 0.909. The van der Waals surface area contributed by atoms with Crippen LogP contribution in [0.1, 0.15) is 38.4 Å². The van der Waals surface area contributed by atoms with Gasteiger partial charge in [-0.25, -0.2) is 0 Å². The average Bonchev–Trinajstić information content (AvgIpc) is 3.06. The molecule has 108 valence electrons. The van der Waals surface area contributed by atoms with Gasteiger partial charge in [-0.05, 0) is 31.9 Å². The Balaban J connectivity index is 1.77. The molecule has 5 nitrogen and oxygen atoms in total. The van der Waals surface area contributed by atoms with Crippen LogP contribution in [0, 0.1) is 0 Å². The lowest BCUT2D eigenvalue weighted by atomic mass is 9.92. The SMILES string of the molecule is CC(Cc1ccco1)N1CC(=O)NC2(CCCC2)C1=O. The van der Waals surface area contributed by atoms with Crippen molar-refractivity contribution in [1.29, 1.82) is 0 Å². The predicted molar refractivity (Wildman–Crippen MR) is 72.9 cm³/mol. The van der Waals surface area contributed by atoms with Crippen LogP contribution in [0.3, 0.4) is 0 Å². The van der Waals surface area contributed by atoms with Gasteiger partial charge in [0.1, 0.15) is 11.3 Å². The summed E-state index contributed by atoms with van der Waals surface area (Å²) < 4.78 is 5.34. The van der Waals surface area contributed by atoms with Crippen LogP contribution in [0.25, 0.3) is 0 Å². The third kappa shape index (κ3) is 2.21. The Morgan fingerprint density at radius 3 is 2.80 bits per heavy atom. The summed E-state index contributed by atoms with van der Waals surface area (Å²) >= 11 is 0. The van der Waals surface area contributed by atoms with Crippen molar-refractivity contribution < 1.29 is 14.0 Å². The van der Waals surface area contributed by atoms with Crippen LogP contribution in [-0.4, -0.2) is 34.8 Å². The molecule has 0 radical (unpaired) electrons. The number of hydrogen-bond donors (Lipinski definition) is 1. The Labute approximate surface area is 118 Å². The molecule has 5 heteroatoms. The molecule has 1 aliphatic carbocycles. The first-order valence-electron chi connectivity index (χ1n) is 7.25. The van der Waals surface area contributed by atoms with Crippen molar-refractivity contribution in [2.45, 2.75) is 50.6 Å². The van der Waals surface area contributed by atoms with E-state index in [1.807, 2.05) is 19.1 Å². The zero-order valence-corrected chi connectivity index (χ0v) is 11.7. The average molecular weight is 276 g/mol. The van der Waals surface area contributed by atoms with E-state index in [9.17, 15) is 9.59 Å². The van der Waals surface area contributed by atoms with Crippen LogP contribution in [0.15, 0.2) is 22.8 Å². The van der Waals surface area contributed by atoms with Crippen LogP contribution in [0.4, 0.5) is 0 Å². The standard InChI is InChI=1S/C15H20N2O3/c1-11(9-12-5-4-8-20-12)17-10-13(18)16-15(14(17)19)6-2-3-7-15/h4-5,8,11H,2-3,6-7,9-10H2,1H3,(H,16,18). The van der Waals surface area contributed by atoms with Gasteiger partial charge >= 0.3 is 0 Å². The van der Waals surface area contributed by atoms with E-state index in [1.165, 1.54) is 0 Å². The number of nitrogens with zero attached hydrogens (tertiary/aromatic N) is 1. The highest BCUT2D eigenvalue weighted by Crippen LogP contribution is 2.34. The van der Waals surface area contributed by atoms with Gasteiger partial charge in [0, 0.05) is 12.5 Å². The highest BCUT2D eigenvalue weighted by Gasteiger charge is 2.49. The van der Waals surface area contributed by atoms with E-state index in [0.29, 0.717) is 6.42 Å². The Kier molecular flexibility index (Phi) is 3.28. The number of carbonyl (C=O) groups is 2. The van der Waals surface area contributed by atoms with Gasteiger partial charge in [0.05, 0.1) is 12.8 Å². The first kappa shape index (κ1) is 13.2. The van der Waals surface area contributed by atoms with Gasteiger partial charge in [0.2, 0.25) is 11.8 Å². The minimum Gasteiger partial charge on any atom is -0.469 e. The molecular formula is C15H20N2O3. The van der Waals surface area contributed by atoms with Crippen LogP contribution in [-0.2, 0) is 16.0 Å². The topological polar surface area (TPSA) is 62.6 Å². The van der Waals surface area contributed by atoms with Crippen molar-refractivity contribution >= 4 is 11.8 Å². The minimum atomic E-state index is -0.632. The van der Waals surface area contributed by atoms with E-state index < -0.39 is 5.54 Å². The lowest BCUT2D eigenvalue weighted by molar-refractivity contribution is -0.151. The lowest BCUT2D eigenvalue weighted by Crippen LogP contribution is -2.67. The number of carbonyl (C=O) groups excluding carboxylic acids is 2. The molecule has 1 unspecified atom stereocenters. The third-order valence-corrected chi connectivity index (χ3v) is 4.43. The fourth-order valence-electron chi connectivity index (χ4n) is 3.36. The molecule has 1 aliphatic heterocycles. The molecule has 1 spiro atoms. The molecule has 2 heterocycles. The number of rotatable bonds is 3. The van der Waals surface area contributed by atoms with Crippen molar-refractivity contribution in [3.63, 3.8) is 0 Å². The largest absolute Gasteiger partial charge is 0.469 e. The monoisotopic (exact) mass is 276 g/mol. The molecular weight excluding hydrogens is 256 g/mol. The smallest absolute Gasteiger partial charge is 0.249 e. The van der Waals surface area contributed by atoms with Crippen LogP contribution in [0.2, 0.25) is 0 Å². The maximum Gasteiger partial charge on any atom is 0.249 e. The van der Waals surface area contributed by atoms with Crippen molar-refractivity contribution in [2.24, 2.45) is 0 Å². The zero-order chi connectivity index (χ0) is 14.2. The van der Waals surface area contributed by atoms with Crippen LogP contribution < -0.4 is 5.32 Å². The first-order chi connectivity index (χ1) is 9.61. The third-order valence-electron chi connectivity index (χ3n) is 4.43. The molecule has 1 saturated carbocycles. The number of piperazine rings is 1. The van der Waals surface area contributed by atoms with Gasteiger partial charge in [-0.2, -0.15) is 0 Å². The molecule has 0 bridgehead atoms. The van der Waals surface area contributed by atoms with Gasteiger partial charge < -0.3 is 14.6 Å². The van der Waals surface area contributed by atoms with Gasteiger partial charge in [0.25, 0.3) is 0 Å². The summed E-state index contributed by atoms with van der Waals surface area (Å²) in [4.78, 5) is 26.4. The summed E-state index contributed by atoms with van der Waals surface area (Å²) in [7, 11) is 0. The summed E-state index contributed by atoms with van der Waals surface area (Å²) in [6, 6.07) is 3.71. The van der Waals surface area contributed by atoms with Crippen molar-refractivity contribution in [2.75, 3.05) is 6.54 Å². The number of furan rings is 1. The molecule has 1 atom stereocenters. The van der Waals surface area contributed by atoms with Gasteiger partial charge in [-0.1, -0.05) is 12.8 Å². The Hall–Kier alpha value is -1.78. The second-order valence-corrected chi connectivity index (χ2v) is 5.90. The molecule has 2 fully saturated rings. The van der Waals surface area contributed by atoms with E-state index in [1.54, 1.807) is 11.2 Å². The van der Waals surface area contributed by atoms with E-state index in [0.717, 1.165) is 31.4 Å². The molecule has 0 aromatic carbocycles. The number of hydrogen-bond acceptors (Lipinski definition) is 3. The fourth-order valence-corrected chi connectivity index (χ4v) is 3.36. The summed E-state index contributed by atoms with van der Waals surface area (Å²) in [5.74, 6) is 0.878. The predicted octanol–water partition coefficient (Wildman–Crippen LogP) is 1.48. The second-order valence-electron chi connectivity index (χ2n) is 5.90. The zero-order valence-electron chi connectivity index (χ0n) is 11.7. The van der Waals surface area contributed by atoms with E-state index in [2.05, 4.69) is 5.32 Å². The van der Waals surface area contributed by atoms with Crippen molar-refractivity contribution in [3.05, 3.63) is 24.2 Å². The summed E-state index contributed by atoms with van der Waals surface area (Å²) in [6.07, 6.45) is 5.81. The van der Waals surface area contributed by atoms with Crippen LogP contribution >= 0.6 is 0 Å². The summed E-state index contributed by atoms with van der Waals surface area (Å²) in [5, 5.41) is 2.93. The molecule has 3 rings (SSSR count). The van der Waals surface area contributed by atoms with Crippen molar-refractivity contribution in [3.8, 4) is 0 Å². The van der Waals surface area contributed by atoms with Crippen LogP contribution in [0.5, 0.6) is 0 Å². The normalized spacial score (nSPS) is 23.1. The molecule has 2 aliphatic rings. The maximum atomic E-state index is 12.7. The molecule has 1 aromatic rings. The molecule has 2 amide bonds. The Bertz CT molecular complexity index is 503. The first-order valence-corrected chi connectivity index (χ1v) is 7.25. The number of amides is 2. The van der Waals surface area contributed by atoms with Crippen molar-refractivity contribution in [1.82, 2.24) is 10.2 Å². The van der Waals surface area contributed by atoms with Gasteiger partial charge in [-0.15, -0.1) is 0 Å². The fraction of sp³-hybridized carbons (Fsp3) is 0.600. The van der Waals surface area contributed by atoms with Gasteiger partial charge in [-0.3, -0.25) is 9.59 Å². The summed E-state index contributed by atoms with van der Waals surface area (Å²) in [6.45, 7) is 2.13. The Morgan fingerprint density at radius 2 is 2.15 bits per heavy atom. The maximum absolute atomic E-state index is 12.7. The highest BCUT2D eigenvalue weighted by molar-refractivity contribution is 5.98. The molecule has 20 heavy (non-hydrogen) atoms. The second kappa shape index (κ2) is 4.96. The lowest BCUT2D eigenvalue weighted by Gasteiger charge is -2.42. The Morgan fingerprint density at radius 1 is 1.40 bits per heavy atom. The number of nitrogens with one attached hydrogen (secondary N) is 1. The minimum absolute atomic E-state index is 0.0304. The molecule has 1 saturated heterocycles. The van der Waals surface area contributed by atoms with E-state index in [-0.39, 0.29) is 24.4 Å². The summed E-state index contributed by atoms with van der Waals surface area (Å²) in [5.41, 5.74) is -0.632. The highest BCUT2D eigenvalue weighted by atomic mass is 16.3. The van der Waals surface area contributed by atoms with Gasteiger partial charge in [0.15, 0.2) is 0 Å². The molecule has 1 N–H and O–H groups in total. The van der Waals surface area contributed by atoms with E-state index in [4.69, 9.17) is 4.42 Å².